The van der Waals surface area contributed by atoms with Gasteiger partial charge in [0.05, 0.1) is 12.6 Å². The van der Waals surface area contributed by atoms with E-state index in [1.54, 1.807) is 29.2 Å². The summed E-state index contributed by atoms with van der Waals surface area (Å²) in [6.07, 6.45) is 3.16. The first-order valence-corrected chi connectivity index (χ1v) is 12.7. The minimum Gasteiger partial charge on any atom is -0.507 e. The van der Waals surface area contributed by atoms with E-state index in [4.69, 9.17) is 16.3 Å². The van der Waals surface area contributed by atoms with Crippen LogP contribution in [-0.2, 0) is 6.54 Å². The average Bonchev–Trinajstić information content (AvgIpc) is 3.44. The molecule has 1 atom stereocenters. The van der Waals surface area contributed by atoms with Gasteiger partial charge >= 0.3 is 0 Å². The lowest BCUT2D eigenvalue weighted by molar-refractivity contribution is 0.0730. The Labute approximate surface area is 219 Å². The zero-order chi connectivity index (χ0) is 25.9. The van der Waals surface area contributed by atoms with Gasteiger partial charge in [0.1, 0.15) is 28.7 Å². The van der Waals surface area contributed by atoms with Gasteiger partial charge in [0, 0.05) is 22.7 Å². The normalized spacial score (nSPS) is 14.7. The zero-order valence-corrected chi connectivity index (χ0v) is 21.1. The number of carbonyl (C=O) groups is 1. The summed E-state index contributed by atoms with van der Waals surface area (Å²) in [5, 5.41) is 18.3. The molecule has 0 bridgehead atoms. The van der Waals surface area contributed by atoms with Gasteiger partial charge in [0.15, 0.2) is 0 Å². The number of ether oxygens (including phenoxy) is 1. The number of phenolic OH excluding ortho intramolecular Hbond substituents is 1. The number of aromatic nitrogens is 2. The fraction of sp³-hybridized carbons (Fsp3) is 0.241. The van der Waals surface area contributed by atoms with Gasteiger partial charge in [0.2, 0.25) is 0 Å². The Morgan fingerprint density at radius 2 is 1.92 bits per heavy atom. The third kappa shape index (κ3) is 5.04. The molecule has 0 spiro atoms. The maximum absolute atomic E-state index is 13.6. The minimum absolute atomic E-state index is 0.00916. The standard InChI is InChI=1S/C29H27ClFN3O3/c1-2-3-4-14-37-22-7-5-6-19(15-22)28-25-26(23-16-20(30)10-13-24(23)35)32-33-27(25)29(36)34(28)17-18-8-11-21(31)12-9-18/h5-13,15-16,28,35H,2-4,14,17H2,1H3,(H,32,33). The Morgan fingerprint density at radius 3 is 2.70 bits per heavy atom. The van der Waals surface area contributed by atoms with Crippen molar-refractivity contribution in [3.05, 3.63) is 100.0 Å². The van der Waals surface area contributed by atoms with Gasteiger partial charge in [-0.15, -0.1) is 0 Å². The Hall–Kier alpha value is -3.84. The van der Waals surface area contributed by atoms with Crippen molar-refractivity contribution in [1.82, 2.24) is 15.1 Å². The molecule has 3 aromatic carbocycles. The fourth-order valence-electron chi connectivity index (χ4n) is 4.71. The number of fused-ring (bicyclic) bond motifs is 1. The summed E-state index contributed by atoms with van der Waals surface area (Å²) in [6, 6.07) is 18.0. The molecule has 0 aliphatic carbocycles. The van der Waals surface area contributed by atoms with Crippen molar-refractivity contribution >= 4 is 17.5 Å². The lowest BCUT2D eigenvalue weighted by Crippen LogP contribution is -2.29. The summed E-state index contributed by atoms with van der Waals surface area (Å²) in [7, 11) is 0. The lowest BCUT2D eigenvalue weighted by atomic mass is 9.95. The largest absolute Gasteiger partial charge is 0.507 e. The quantitative estimate of drug-likeness (QED) is 0.236. The smallest absolute Gasteiger partial charge is 0.273 e. The van der Waals surface area contributed by atoms with Gasteiger partial charge in [-0.05, 0) is 60.0 Å². The third-order valence-electron chi connectivity index (χ3n) is 6.53. The van der Waals surface area contributed by atoms with Crippen LogP contribution in [0.2, 0.25) is 5.02 Å². The number of hydrogen-bond acceptors (Lipinski definition) is 4. The van der Waals surface area contributed by atoms with Gasteiger partial charge in [0.25, 0.3) is 5.91 Å². The number of H-pyrrole nitrogens is 1. The lowest BCUT2D eigenvalue weighted by Gasteiger charge is -2.27. The molecular formula is C29H27ClFN3O3. The number of nitrogens with zero attached hydrogens (tertiary/aromatic N) is 2. The molecule has 190 valence electrons. The third-order valence-corrected chi connectivity index (χ3v) is 6.77. The number of amides is 1. The second-order valence-corrected chi connectivity index (χ2v) is 9.55. The van der Waals surface area contributed by atoms with Crippen molar-refractivity contribution in [2.75, 3.05) is 6.61 Å². The molecule has 1 aliphatic heterocycles. The van der Waals surface area contributed by atoms with Crippen LogP contribution in [0, 0.1) is 5.82 Å². The summed E-state index contributed by atoms with van der Waals surface area (Å²) in [6.45, 7) is 3.01. The van der Waals surface area contributed by atoms with Gasteiger partial charge in [-0.1, -0.05) is 55.6 Å². The maximum Gasteiger partial charge on any atom is 0.273 e. The SMILES string of the molecule is CCCCCOc1cccc(C2c3c(-c4cc(Cl)ccc4O)n[nH]c3C(=O)N2Cc2ccc(F)cc2)c1. The van der Waals surface area contributed by atoms with E-state index in [-0.39, 0.29) is 24.0 Å². The summed E-state index contributed by atoms with van der Waals surface area (Å²) in [5.41, 5.74) is 3.49. The summed E-state index contributed by atoms with van der Waals surface area (Å²) < 4.78 is 19.5. The monoisotopic (exact) mass is 519 g/mol. The Morgan fingerprint density at radius 1 is 1.11 bits per heavy atom. The number of carbonyl (C=O) groups excluding carboxylic acids is 1. The molecule has 0 saturated heterocycles. The number of aromatic amines is 1. The molecule has 0 fully saturated rings. The molecule has 2 N–H and O–H groups in total. The van der Waals surface area contributed by atoms with Crippen molar-refractivity contribution < 1.29 is 19.0 Å². The number of benzene rings is 3. The summed E-state index contributed by atoms with van der Waals surface area (Å²) >= 11 is 6.23. The van der Waals surface area contributed by atoms with Crippen molar-refractivity contribution in [3.8, 4) is 22.8 Å². The van der Waals surface area contributed by atoms with E-state index >= 15 is 0 Å². The van der Waals surface area contributed by atoms with Crippen LogP contribution in [0.1, 0.15) is 59.4 Å². The number of hydrogen-bond donors (Lipinski definition) is 2. The highest BCUT2D eigenvalue weighted by atomic mass is 35.5. The number of rotatable bonds is 9. The van der Waals surface area contributed by atoms with Crippen molar-refractivity contribution in [3.63, 3.8) is 0 Å². The van der Waals surface area contributed by atoms with Crippen molar-refractivity contribution in [2.45, 2.75) is 38.8 Å². The van der Waals surface area contributed by atoms with E-state index in [0.717, 1.165) is 30.4 Å². The van der Waals surface area contributed by atoms with Crippen LogP contribution in [0.25, 0.3) is 11.3 Å². The van der Waals surface area contributed by atoms with Gasteiger partial charge < -0.3 is 14.7 Å². The highest BCUT2D eigenvalue weighted by Crippen LogP contribution is 2.46. The average molecular weight is 520 g/mol. The number of phenols is 1. The van der Waals surface area contributed by atoms with Crippen LogP contribution in [0.4, 0.5) is 4.39 Å². The van der Waals surface area contributed by atoms with Crippen LogP contribution in [-0.4, -0.2) is 32.7 Å². The molecule has 0 radical (unpaired) electrons. The fourth-order valence-corrected chi connectivity index (χ4v) is 4.88. The second-order valence-electron chi connectivity index (χ2n) is 9.11. The Bertz CT molecular complexity index is 1420. The van der Waals surface area contributed by atoms with Gasteiger partial charge in [-0.3, -0.25) is 9.89 Å². The van der Waals surface area contributed by atoms with Crippen molar-refractivity contribution in [1.29, 1.82) is 0 Å². The molecule has 8 heteroatoms. The predicted octanol–water partition coefficient (Wildman–Crippen LogP) is 6.89. The Balaban J connectivity index is 1.58. The molecular weight excluding hydrogens is 493 g/mol. The highest BCUT2D eigenvalue weighted by Gasteiger charge is 2.42. The van der Waals surface area contributed by atoms with Gasteiger partial charge in [-0.2, -0.15) is 5.10 Å². The van der Waals surface area contributed by atoms with Crippen LogP contribution in [0.5, 0.6) is 11.5 Å². The first-order chi connectivity index (χ1) is 18.0. The molecule has 1 amide bonds. The van der Waals surface area contributed by atoms with E-state index in [1.807, 2.05) is 24.3 Å². The van der Waals surface area contributed by atoms with E-state index in [0.29, 0.717) is 39.9 Å². The zero-order valence-electron chi connectivity index (χ0n) is 20.4. The number of aromatic hydroxyl groups is 1. The summed E-state index contributed by atoms with van der Waals surface area (Å²) in [5.74, 6) is 0.148. The molecule has 1 aromatic heterocycles. The molecule has 2 heterocycles. The van der Waals surface area contributed by atoms with Crippen LogP contribution < -0.4 is 4.74 Å². The minimum atomic E-state index is -0.515. The van der Waals surface area contributed by atoms with Crippen LogP contribution >= 0.6 is 11.6 Å². The number of unbranched alkanes of at least 4 members (excludes halogenated alkanes) is 2. The van der Waals surface area contributed by atoms with E-state index in [1.165, 1.54) is 18.2 Å². The predicted molar refractivity (Wildman–Crippen MR) is 140 cm³/mol. The molecule has 4 aromatic rings. The number of halogens is 2. The first kappa shape index (κ1) is 24.8. The van der Waals surface area contributed by atoms with Crippen LogP contribution in [0.3, 0.4) is 0 Å². The highest BCUT2D eigenvalue weighted by molar-refractivity contribution is 6.31. The van der Waals surface area contributed by atoms with Crippen LogP contribution in [0.15, 0.2) is 66.7 Å². The maximum atomic E-state index is 13.6. The molecule has 1 aliphatic rings. The van der Waals surface area contributed by atoms with E-state index in [2.05, 4.69) is 17.1 Å². The van der Waals surface area contributed by atoms with E-state index < -0.39 is 6.04 Å². The molecule has 5 rings (SSSR count). The molecule has 6 nitrogen and oxygen atoms in total. The van der Waals surface area contributed by atoms with Crippen molar-refractivity contribution in [2.24, 2.45) is 0 Å². The van der Waals surface area contributed by atoms with Gasteiger partial charge in [-0.25, -0.2) is 4.39 Å². The number of nitrogens with one attached hydrogen (secondary N) is 1. The molecule has 37 heavy (non-hydrogen) atoms. The first-order valence-electron chi connectivity index (χ1n) is 12.3. The summed E-state index contributed by atoms with van der Waals surface area (Å²) in [4.78, 5) is 15.4. The van der Waals surface area contributed by atoms with E-state index in [9.17, 15) is 14.3 Å². The second kappa shape index (κ2) is 10.6. The molecule has 1 unspecified atom stereocenters. The topological polar surface area (TPSA) is 78.5 Å². The Kier molecular flexibility index (Phi) is 7.15. The molecule has 0 saturated carbocycles.